The Labute approximate surface area is 193 Å². The molecule has 1 amide bonds. The van der Waals surface area contributed by atoms with Crippen molar-refractivity contribution in [3.05, 3.63) is 90.0 Å². The molecule has 1 N–H and O–H groups in total. The van der Waals surface area contributed by atoms with Crippen LogP contribution in [0.4, 0.5) is 0 Å². The van der Waals surface area contributed by atoms with E-state index < -0.39 is 0 Å². The number of carbonyl (C=O) groups is 1. The standard InChI is InChI=1S/C27H26N2O4/c1-32-25-13-12-20(16-26(25)33-2)24-17-22(21-10-6-7-11-23(21)28-24)27(31)29(14-15-30)18-19-8-4-3-5-9-19/h3-13,16-17,30H,14-15,18H2,1-2H3. The molecule has 1 aromatic heterocycles. The first-order valence-electron chi connectivity index (χ1n) is 10.7. The molecule has 0 spiro atoms. The Bertz CT molecular complexity index is 1260. The van der Waals surface area contributed by atoms with E-state index in [1.165, 1.54) is 0 Å². The summed E-state index contributed by atoms with van der Waals surface area (Å²) in [6.45, 7) is 0.517. The molecule has 0 aliphatic heterocycles. The molecular weight excluding hydrogens is 416 g/mol. The quantitative estimate of drug-likeness (QED) is 0.433. The van der Waals surface area contributed by atoms with E-state index in [0.29, 0.717) is 29.3 Å². The molecule has 168 valence electrons. The third-order valence-electron chi connectivity index (χ3n) is 5.50. The number of aliphatic hydroxyl groups excluding tert-OH is 1. The summed E-state index contributed by atoms with van der Waals surface area (Å²) in [5.41, 5.74) is 3.72. The molecule has 0 bridgehead atoms. The zero-order chi connectivity index (χ0) is 23.2. The second kappa shape index (κ2) is 10.1. The van der Waals surface area contributed by atoms with Crippen molar-refractivity contribution in [1.29, 1.82) is 0 Å². The van der Waals surface area contributed by atoms with Crippen molar-refractivity contribution in [3.63, 3.8) is 0 Å². The largest absolute Gasteiger partial charge is 0.493 e. The van der Waals surface area contributed by atoms with Gasteiger partial charge in [-0.2, -0.15) is 0 Å². The van der Waals surface area contributed by atoms with E-state index in [0.717, 1.165) is 22.0 Å². The summed E-state index contributed by atoms with van der Waals surface area (Å²) in [7, 11) is 3.17. The summed E-state index contributed by atoms with van der Waals surface area (Å²) >= 11 is 0. The van der Waals surface area contributed by atoms with Gasteiger partial charge in [-0.15, -0.1) is 0 Å². The lowest BCUT2D eigenvalue weighted by atomic mass is 10.0. The number of pyridine rings is 1. The van der Waals surface area contributed by atoms with Gasteiger partial charge < -0.3 is 19.5 Å². The number of fused-ring (bicyclic) bond motifs is 1. The fourth-order valence-corrected chi connectivity index (χ4v) is 3.84. The Balaban J connectivity index is 1.80. The second-order valence-electron chi connectivity index (χ2n) is 7.58. The van der Waals surface area contributed by atoms with Crippen LogP contribution in [-0.4, -0.2) is 48.3 Å². The van der Waals surface area contributed by atoms with E-state index in [2.05, 4.69) is 0 Å². The maximum Gasteiger partial charge on any atom is 0.255 e. The minimum atomic E-state index is -0.159. The molecule has 0 atom stereocenters. The predicted octanol–water partition coefficient (Wildman–Crippen LogP) is 4.55. The minimum Gasteiger partial charge on any atom is -0.493 e. The Morgan fingerprint density at radius 1 is 0.909 bits per heavy atom. The van der Waals surface area contributed by atoms with Crippen LogP contribution in [0.3, 0.4) is 0 Å². The van der Waals surface area contributed by atoms with Gasteiger partial charge in [-0.25, -0.2) is 4.98 Å². The van der Waals surface area contributed by atoms with Crippen molar-refractivity contribution >= 4 is 16.8 Å². The molecule has 1 heterocycles. The SMILES string of the molecule is COc1ccc(-c2cc(C(=O)N(CCO)Cc3ccccc3)c3ccccc3n2)cc1OC. The number of aromatic nitrogens is 1. The summed E-state index contributed by atoms with van der Waals surface area (Å²) in [5.74, 6) is 1.05. The predicted molar refractivity (Wildman–Crippen MR) is 129 cm³/mol. The minimum absolute atomic E-state index is 0.121. The number of nitrogens with zero attached hydrogens (tertiary/aromatic N) is 2. The summed E-state index contributed by atoms with van der Waals surface area (Å²) in [5, 5.41) is 10.4. The number of amides is 1. The Morgan fingerprint density at radius 2 is 1.64 bits per heavy atom. The Hall–Kier alpha value is -3.90. The molecular formula is C27H26N2O4. The highest BCUT2D eigenvalue weighted by atomic mass is 16.5. The van der Waals surface area contributed by atoms with Gasteiger partial charge in [0.1, 0.15) is 0 Å². The monoisotopic (exact) mass is 442 g/mol. The van der Waals surface area contributed by atoms with Crippen molar-refractivity contribution in [3.8, 4) is 22.8 Å². The first kappa shape index (κ1) is 22.3. The molecule has 4 rings (SSSR count). The van der Waals surface area contributed by atoms with E-state index >= 15 is 0 Å². The van der Waals surface area contributed by atoms with Crippen LogP contribution in [0.5, 0.6) is 11.5 Å². The van der Waals surface area contributed by atoms with Gasteiger partial charge in [0.15, 0.2) is 11.5 Å². The summed E-state index contributed by atoms with van der Waals surface area (Å²) in [6, 6.07) is 24.7. The molecule has 4 aromatic rings. The van der Waals surface area contributed by atoms with E-state index in [4.69, 9.17) is 14.5 Å². The first-order valence-corrected chi connectivity index (χ1v) is 10.7. The van der Waals surface area contributed by atoms with Crippen molar-refractivity contribution in [2.75, 3.05) is 27.4 Å². The van der Waals surface area contributed by atoms with Crippen LogP contribution >= 0.6 is 0 Å². The normalized spacial score (nSPS) is 10.8. The number of carbonyl (C=O) groups excluding carboxylic acids is 1. The molecule has 0 aliphatic carbocycles. The summed E-state index contributed by atoms with van der Waals surface area (Å²) in [4.78, 5) is 20.2. The average molecular weight is 443 g/mol. The second-order valence-corrected chi connectivity index (χ2v) is 7.58. The van der Waals surface area contributed by atoms with Crippen LogP contribution in [0.1, 0.15) is 15.9 Å². The molecule has 0 fully saturated rings. The van der Waals surface area contributed by atoms with Gasteiger partial charge in [-0.3, -0.25) is 4.79 Å². The lowest BCUT2D eigenvalue weighted by Crippen LogP contribution is -2.33. The lowest BCUT2D eigenvalue weighted by molar-refractivity contribution is 0.0710. The Morgan fingerprint density at radius 3 is 2.36 bits per heavy atom. The van der Waals surface area contributed by atoms with Crippen LogP contribution in [0, 0.1) is 0 Å². The van der Waals surface area contributed by atoms with Crippen molar-refractivity contribution < 1.29 is 19.4 Å². The van der Waals surface area contributed by atoms with Crippen LogP contribution in [0.25, 0.3) is 22.2 Å². The topological polar surface area (TPSA) is 71.9 Å². The Kier molecular flexibility index (Phi) is 6.86. The van der Waals surface area contributed by atoms with Crippen LogP contribution < -0.4 is 9.47 Å². The van der Waals surface area contributed by atoms with Gasteiger partial charge in [-0.1, -0.05) is 48.5 Å². The molecule has 0 aliphatic rings. The van der Waals surface area contributed by atoms with Crippen LogP contribution in [-0.2, 0) is 6.54 Å². The van der Waals surface area contributed by atoms with Gasteiger partial charge in [0.05, 0.1) is 37.6 Å². The van der Waals surface area contributed by atoms with E-state index in [9.17, 15) is 9.90 Å². The maximum absolute atomic E-state index is 13.7. The number of rotatable bonds is 8. The lowest BCUT2D eigenvalue weighted by Gasteiger charge is -2.23. The van der Waals surface area contributed by atoms with Crippen molar-refractivity contribution in [2.24, 2.45) is 0 Å². The summed E-state index contributed by atoms with van der Waals surface area (Å²) in [6.07, 6.45) is 0. The number of para-hydroxylation sites is 1. The molecule has 33 heavy (non-hydrogen) atoms. The number of hydrogen-bond acceptors (Lipinski definition) is 5. The first-order chi connectivity index (χ1) is 16.1. The zero-order valence-corrected chi connectivity index (χ0v) is 18.7. The van der Waals surface area contributed by atoms with Gasteiger partial charge in [0.2, 0.25) is 0 Å². The molecule has 3 aromatic carbocycles. The van der Waals surface area contributed by atoms with Crippen LogP contribution in [0.2, 0.25) is 0 Å². The highest BCUT2D eigenvalue weighted by Gasteiger charge is 2.20. The van der Waals surface area contributed by atoms with Gasteiger partial charge >= 0.3 is 0 Å². The van der Waals surface area contributed by atoms with Crippen molar-refractivity contribution in [2.45, 2.75) is 6.54 Å². The van der Waals surface area contributed by atoms with Gasteiger partial charge in [0.25, 0.3) is 5.91 Å². The summed E-state index contributed by atoms with van der Waals surface area (Å²) < 4.78 is 10.8. The number of hydrogen-bond donors (Lipinski definition) is 1. The number of methoxy groups -OCH3 is 2. The zero-order valence-electron chi connectivity index (χ0n) is 18.7. The number of aliphatic hydroxyl groups is 1. The smallest absolute Gasteiger partial charge is 0.255 e. The average Bonchev–Trinajstić information content (AvgIpc) is 2.87. The number of benzene rings is 3. The number of ether oxygens (including phenoxy) is 2. The third kappa shape index (κ3) is 4.81. The molecule has 0 saturated carbocycles. The van der Waals surface area contributed by atoms with Gasteiger partial charge in [0, 0.05) is 24.0 Å². The van der Waals surface area contributed by atoms with E-state index in [1.54, 1.807) is 25.2 Å². The van der Waals surface area contributed by atoms with Gasteiger partial charge in [-0.05, 0) is 35.9 Å². The maximum atomic E-state index is 13.7. The van der Waals surface area contributed by atoms with Crippen molar-refractivity contribution in [1.82, 2.24) is 9.88 Å². The fraction of sp³-hybridized carbons (Fsp3) is 0.185. The molecule has 6 nitrogen and oxygen atoms in total. The highest BCUT2D eigenvalue weighted by Crippen LogP contribution is 2.33. The van der Waals surface area contributed by atoms with E-state index in [-0.39, 0.29) is 19.1 Å². The molecule has 0 unspecified atom stereocenters. The molecule has 0 saturated heterocycles. The van der Waals surface area contributed by atoms with E-state index in [1.807, 2.05) is 72.8 Å². The van der Waals surface area contributed by atoms with Crippen LogP contribution in [0.15, 0.2) is 78.9 Å². The molecule has 0 radical (unpaired) electrons. The molecule has 6 heteroatoms. The third-order valence-corrected chi connectivity index (χ3v) is 5.50. The highest BCUT2D eigenvalue weighted by molar-refractivity contribution is 6.07. The fourth-order valence-electron chi connectivity index (χ4n) is 3.84.